The number of thiophene rings is 1. The molecule has 5 heterocycles. The summed E-state index contributed by atoms with van der Waals surface area (Å²) in [5, 5.41) is 9.97. The van der Waals surface area contributed by atoms with E-state index in [0.717, 1.165) is 6.07 Å². The normalized spacial score (nSPS) is 23.2. The molecule has 3 amide bonds. The number of rotatable bonds is 6. The first-order chi connectivity index (χ1) is 18.8. The lowest BCUT2D eigenvalue weighted by Crippen LogP contribution is -2.35. The quantitative estimate of drug-likeness (QED) is 0.414. The number of nitrogens with zero attached hydrogens (tertiary/aromatic N) is 4. The van der Waals surface area contributed by atoms with Gasteiger partial charge in [0.15, 0.2) is 6.67 Å². The third-order valence-corrected chi connectivity index (χ3v) is 9.49. The van der Waals surface area contributed by atoms with Gasteiger partial charge in [-0.3, -0.25) is 24.3 Å². The molecular formula is C28H28ClF3N4O4S. The average Bonchev–Trinajstić information content (AvgIpc) is 3.29. The molecule has 2 saturated heterocycles. The number of aliphatic hydroxyl groups is 1. The third-order valence-electron chi connectivity index (χ3n) is 8.35. The second-order valence-electron chi connectivity index (χ2n) is 11.4. The first-order valence-corrected chi connectivity index (χ1v) is 13.8. The van der Waals surface area contributed by atoms with E-state index in [0.29, 0.717) is 33.6 Å². The summed E-state index contributed by atoms with van der Waals surface area (Å²) in [5.41, 5.74) is -0.0295. The van der Waals surface area contributed by atoms with E-state index in [1.807, 2.05) is 13.8 Å². The van der Waals surface area contributed by atoms with Crippen LogP contribution in [0.3, 0.4) is 0 Å². The molecule has 41 heavy (non-hydrogen) atoms. The van der Waals surface area contributed by atoms with Crippen LogP contribution in [-0.2, 0) is 22.1 Å². The predicted molar refractivity (Wildman–Crippen MR) is 148 cm³/mol. The fourth-order valence-electron chi connectivity index (χ4n) is 6.05. The van der Waals surface area contributed by atoms with Gasteiger partial charge in [0.25, 0.3) is 5.91 Å². The number of fused-ring (bicyclic) bond motifs is 2. The third kappa shape index (κ3) is 4.60. The zero-order chi connectivity index (χ0) is 28.7. The Morgan fingerprint density at radius 1 is 1.22 bits per heavy atom. The number of hydrogen-bond acceptors (Lipinski definition) is 7. The molecule has 0 spiro atoms. The van der Waals surface area contributed by atoms with Crippen LogP contribution in [0.25, 0.3) is 21.5 Å². The van der Waals surface area contributed by atoms with Crippen LogP contribution in [0.5, 0.6) is 0 Å². The van der Waals surface area contributed by atoms with E-state index in [-0.39, 0.29) is 71.4 Å². The number of piperidine rings is 1. The molecule has 13 heteroatoms. The Hall–Kier alpha value is -3.09. The van der Waals surface area contributed by atoms with Gasteiger partial charge in [0.05, 0.1) is 46.0 Å². The van der Waals surface area contributed by atoms with E-state index >= 15 is 0 Å². The molecule has 1 saturated carbocycles. The molecule has 2 aliphatic heterocycles. The molecule has 0 radical (unpaired) electrons. The van der Waals surface area contributed by atoms with Crippen LogP contribution in [0.15, 0.2) is 24.4 Å². The highest BCUT2D eigenvalue weighted by Crippen LogP contribution is 2.63. The van der Waals surface area contributed by atoms with Crippen LogP contribution >= 0.6 is 23.7 Å². The maximum Gasteiger partial charge on any atom is 0.317 e. The van der Waals surface area contributed by atoms with Gasteiger partial charge in [-0.1, -0.05) is 13.8 Å². The summed E-state index contributed by atoms with van der Waals surface area (Å²) in [7, 11) is 0. The largest absolute Gasteiger partial charge is 0.391 e. The second kappa shape index (κ2) is 10.0. The predicted octanol–water partition coefficient (Wildman–Crippen LogP) is 4.50. The van der Waals surface area contributed by atoms with Gasteiger partial charge in [0.1, 0.15) is 5.69 Å². The number of aliphatic hydroxyl groups excluding tert-OH is 1. The van der Waals surface area contributed by atoms with Gasteiger partial charge >= 0.3 is 5.92 Å². The fraction of sp³-hybridized carbons (Fsp3) is 0.464. The van der Waals surface area contributed by atoms with Crippen molar-refractivity contribution in [2.45, 2.75) is 45.8 Å². The Bertz CT molecular complexity index is 1570. The molecule has 3 fully saturated rings. The average molecular weight is 609 g/mol. The number of alkyl halides is 3. The van der Waals surface area contributed by atoms with Crippen molar-refractivity contribution in [2.75, 3.05) is 19.8 Å². The van der Waals surface area contributed by atoms with Gasteiger partial charge in [0, 0.05) is 29.7 Å². The van der Waals surface area contributed by atoms with Gasteiger partial charge < -0.3 is 10.0 Å². The van der Waals surface area contributed by atoms with Crippen molar-refractivity contribution in [3.8, 4) is 11.3 Å². The summed E-state index contributed by atoms with van der Waals surface area (Å²) >= 11 is 1.23. The lowest BCUT2D eigenvalue weighted by Gasteiger charge is -2.22. The zero-order valence-corrected chi connectivity index (χ0v) is 24.1. The summed E-state index contributed by atoms with van der Waals surface area (Å²) in [4.78, 5) is 51.2. The number of carbonyl (C=O) groups excluding carboxylic acids is 3. The number of β-amino-alcohol motifs (C(OH)–C–C–N with tert-alkyl or cyclic N) is 1. The number of aromatic nitrogens is 2. The summed E-state index contributed by atoms with van der Waals surface area (Å²) in [6.07, 6.45) is 1.17. The SMILES string of the molecule is Cc1cc(C(F)(F)CF)nc(-c2ccnc3cc(CN4C(=O)C5C(C4=O)C5(C)C)sc23)c1C(=O)N1CCC(O)C1.Cl. The minimum atomic E-state index is -3.86. The highest BCUT2D eigenvalue weighted by atomic mass is 35.5. The lowest BCUT2D eigenvalue weighted by molar-refractivity contribution is -0.143. The summed E-state index contributed by atoms with van der Waals surface area (Å²) in [5.74, 6) is -5.36. The van der Waals surface area contributed by atoms with Gasteiger partial charge in [-0.05, 0) is 42.5 Å². The van der Waals surface area contributed by atoms with E-state index in [1.54, 1.807) is 12.1 Å². The first-order valence-electron chi connectivity index (χ1n) is 13.0. The number of hydrogen-bond donors (Lipinski definition) is 1. The van der Waals surface area contributed by atoms with E-state index in [1.165, 1.54) is 34.3 Å². The van der Waals surface area contributed by atoms with Crippen molar-refractivity contribution >= 4 is 51.7 Å². The van der Waals surface area contributed by atoms with Gasteiger partial charge in [0.2, 0.25) is 11.8 Å². The molecule has 1 aliphatic carbocycles. The molecule has 3 atom stereocenters. The van der Waals surface area contributed by atoms with Crippen LogP contribution in [0, 0.1) is 24.2 Å². The zero-order valence-electron chi connectivity index (χ0n) is 22.5. The monoisotopic (exact) mass is 608 g/mol. The molecular weight excluding hydrogens is 581 g/mol. The minimum absolute atomic E-state index is 0. The molecule has 3 aliphatic rings. The summed E-state index contributed by atoms with van der Waals surface area (Å²) in [6, 6.07) is 4.31. The van der Waals surface area contributed by atoms with Crippen molar-refractivity contribution in [3.05, 3.63) is 46.1 Å². The van der Waals surface area contributed by atoms with Crippen LogP contribution < -0.4 is 0 Å². The van der Waals surface area contributed by atoms with Crippen molar-refractivity contribution in [1.29, 1.82) is 0 Å². The number of imide groups is 1. The molecule has 3 unspecified atom stereocenters. The molecule has 3 aromatic rings. The Morgan fingerprint density at radius 2 is 1.90 bits per heavy atom. The van der Waals surface area contributed by atoms with Crippen LogP contribution in [-0.4, -0.2) is 68.5 Å². The van der Waals surface area contributed by atoms with E-state index < -0.39 is 30.3 Å². The topological polar surface area (TPSA) is 104 Å². The fourth-order valence-corrected chi connectivity index (χ4v) is 7.16. The maximum atomic E-state index is 14.5. The smallest absolute Gasteiger partial charge is 0.317 e. The lowest BCUT2D eigenvalue weighted by atomic mass is 9.98. The summed E-state index contributed by atoms with van der Waals surface area (Å²) < 4.78 is 42.9. The van der Waals surface area contributed by atoms with Crippen LogP contribution in [0.2, 0.25) is 0 Å². The second-order valence-corrected chi connectivity index (χ2v) is 12.5. The number of likely N-dealkylation sites (tertiary alicyclic amines) is 2. The van der Waals surface area contributed by atoms with E-state index in [9.17, 15) is 32.7 Å². The maximum absolute atomic E-state index is 14.5. The van der Waals surface area contributed by atoms with Crippen molar-refractivity contribution in [3.63, 3.8) is 0 Å². The number of aryl methyl sites for hydroxylation is 1. The van der Waals surface area contributed by atoms with Gasteiger partial charge in [-0.25, -0.2) is 9.37 Å². The van der Waals surface area contributed by atoms with Crippen molar-refractivity contribution < 1.29 is 32.7 Å². The highest BCUT2D eigenvalue weighted by molar-refractivity contribution is 7.19. The minimum Gasteiger partial charge on any atom is -0.391 e. The standard InChI is InChI=1S/C28H27F3N4O4S.ClH/c1-13-8-18(28(30,31)12-29)33-22(19(13)24(37)34-7-5-14(36)10-34)16-4-6-32-17-9-15(40-23(16)17)11-35-25(38)20-21(26(35)39)27(20,2)3;/h4,6,8-9,14,20-21,36H,5,7,10-12H2,1-3H3;1H. The van der Waals surface area contributed by atoms with E-state index in [4.69, 9.17) is 0 Å². The van der Waals surface area contributed by atoms with Crippen molar-refractivity contribution in [2.24, 2.45) is 17.3 Å². The number of halogens is 4. The molecule has 1 N–H and O–H groups in total. The molecule has 0 aromatic carbocycles. The Kier molecular flexibility index (Phi) is 7.19. The first kappa shape index (κ1) is 29.4. The Morgan fingerprint density at radius 3 is 2.51 bits per heavy atom. The highest BCUT2D eigenvalue weighted by Gasteiger charge is 2.72. The molecule has 6 rings (SSSR count). The van der Waals surface area contributed by atoms with Gasteiger partial charge in [-0.15, -0.1) is 23.7 Å². The number of carbonyl (C=O) groups is 3. The molecule has 3 aromatic heterocycles. The van der Waals surface area contributed by atoms with Crippen LogP contribution in [0.4, 0.5) is 13.2 Å². The molecule has 8 nitrogen and oxygen atoms in total. The Labute approximate surface area is 244 Å². The van der Waals surface area contributed by atoms with Crippen LogP contribution in [0.1, 0.15) is 46.8 Å². The molecule has 0 bridgehead atoms. The Balaban J connectivity index is 0.00000337. The van der Waals surface area contributed by atoms with Gasteiger partial charge in [-0.2, -0.15) is 8.78 Å². The molecule has 218 valence electrons. The van der Waals surface area contributed by atoms with Crippen molar-refractivity contribution in [1.82, 2.24) is 19.8 Å². The number of amides is 3. The summed E-state index contributed by atoms with van der Waals surface area (Å²) in [6.45, 7) is 3.82. The number of pyridine rings is 2. The van der Waals surface area contributed by atoms with E-state index in [2.05, 4.69) is 9.97 Å².